The highest BCUT2D eigenvalue weighted by Crippen LogP contribution is 2.16. The quantitative estimate of drug-likeness (QED) is 0.924. The Hall–Kier alpha value is -1.11. The van der Waals surface area contributed by atoms with Crippen molar-refractivity contribution in [1.29, 1.82) is 0 Å². The maximum Gasteiger partial charge on any atom is 0.180 e. The topological polar surface area (TPSA) is 68.2 Å². The van der Waals surface area contributed by atoms with Crippen molar-refractivity contribution < 1.29 is 4.52 Å². The summed E-state index contributed by atoms with van der Waals surface area (Å²) in [6.45, 7) is 3.47. The van der Waals surface area contributed by atoms with Gasteiger partial charge in [-0.2, -0.15) is 0 Å². The zero-order valence-electron chi connectivity index (χ0n) is 9.71. The van der Waals surface area contributed by atoms with Crippen molar-refractivity contribution in [3.05, 3.63) is 28.6 Å². The molecule has 2 rings (SSSR count). The van der Waals surface area contributed by atoms with Crippen LogP contribution in [0.4, 0.5) is 5.13 Å². The van der Waals surface area contributed by atoms with Gasteiger partial charge in [-0.3, -0.25) is 4.90 Å². The van der Waals surface area contributed by atoms with E-state index in [0.717, 1.165) is 29.4 Å². The first-order valence-corrected chi connectivity index (χ1v) is 5.76. The molecule has 0 aliphatic heterocycles. The van der Waals surface area contributed by atoms with Gasteiger partial charge in [-0.15, -0.1) is 23.7 Å². The highest BCUT2D eigenvalue weighted by molar-refractivity contribution is 7.15. The molecule has 0 saturated heterocycles. The second-order valence-corrected chi connectivity index (χ2v) is 4.91. The fourth-order valence-electron chi connectivity index (χ4n) is 1.49. The Bertz CT molecular complexity index is 428. The molecule has 94 valence electrons. The van der Waals surface area contributed by atoms with Crippen LogP contribution in [0.5, 0.6) is 0 Å². The number of anilines is 1. The molecule has 0 unspecified atom stereocenters. The Morgan fingerprint density at radius 3 is 2.76 bits per heavy atom. The van der Waals surface area contributed by atoms with Gasteiger partial charge in [-0.1, -0.05) is 5.16 Å². The number of hydrogen-bond acceptors (Lipinski definition) is 6. The van der Waals surface area contributed by atoms with Crippen LogP contribution in [-0.2, 0) is 13.1 Å². The minimum absolute atomic E-state index is 0. The average Bonchev–Trinajstić information content (AvgIpc) is 2.76. The van der Waals surface area contributed by atoms with Gasteiger partial charge in [0.25, 0.3) is 0 Å². The largest absolute Gasteiger partial charge is 0.375 e. The number of thiazole rings is 1. The van der Waals surface area contributed by atoms with Crippen molar-refractivity contribution >= 4 is 28.9 Å². The van der Waals surface area contributed by atoms with E-state index in [1.807, 2.05) is 26.2 Å². The van der Waals surface area contributed by atoms with Crippen molar-refractivity contribution in [2.75, 3.05) is 12.8 Å². The average molecular weight is 275 g/mol. The number of hydrogen-bond donors (Lipinski definition) is 1. The zero-order chi connectivity index (χ0) is 11.5. The minimum atomic E-state index is 0. The van der Waals surface area contributed by atoms with Gasteiger partial charge < -0.3 is 10.3 Å². The van der Waals surface area contributed by atoms with Crippen LogP contribution in [0, 0.1) is 6.92 Å². The normalized spacial score (nSPS) is 10.5. The first-order valence-electron chi connectivity index (χ1n) is 4.94. The summed E-state index contributed by atoms with van der Waals surface area (Å²) in [5.74, 6) is 0.838. The molecule has 17 heavy (non-hydrogen) atoms. The lowest BCUT2D eigenvalue weighted by Gasteiger charge is -2.12. The number of nitrogens with zero attached hydrogens (tertiary/aromatic N) is 3. The maximum atomic E-state index is 5.57. The first kappa shape index (κ1) is 14.0. The van der Waals surface area contributed by atoms with Gasteiger partial charge >= 0.3 is 0 Å². The summed E-state index contributed by atoms with van der Waals surface area (Å²) in [5, 5.41) is 4.56. The first-order chi connectivity index (χ1) is 7.63. The van der Waals surface area contributed by atoms with E-state index in [0.29, 0.717) is 5.13 Å². The lowest BCUT2D eigenvalue weighted by atomic mass is 10.3. The van der Waals surface area contributed by atoms with Crippen LogP contribution in [0.25, 0.3) is 0 Å². The second kappa shape index (κ2) is 6.00. The summed E-state index contributed by atoms with van der Waals surface area (Å²) in [4.78, 5) is 7.31. The molecule has 2 N–H and O–H groups in total. The highest BCUT2D eigenvalue weighted by atomic mass is 35.5. The molecule has 0 bridgehead atoms. The van der Waals surface area contributed by atoms with Gasteiger partial charge in [0.1, 0.15) is 5.76 Å². The lowest BCUT2D eigenvalue weighted by Crippen LogP contribution is -2.16. The van der Waals surface area contributed by atoms with Gasteiger partial charge in [0.15, 0.2) is 5.13 Å². The zero-order valence-corrected chi connectivity index (χ0v) is 11.3. The number of nitrogen functional groups attached to an aromatic ring is 1. The summed E-state index contributed by atoms with van der Waals surface area (Å²) >= 11 is 1.51. The number of halogens is 1. The van der Waals surface area contributed by atoms with E-state index < -0.39 is 0 Å². The van der Waals surface area contributed by atoms with Gasteiger partial charge in [0.05, 0.1) is 5.69 Å². The maximum absolute atomic E-state index is 5.57. The molecule has 5 nitrogen and oxygen atoms in total. The third-order valence-electron chi connectivity index (χ3n) is 2.11. The van der Waals surface area contributed by atoms with Crippen molar-refractivity contribution in [3.8, 4) is 0 Å². The van der Waals surface area contributed by atoms with Gasteiger partial charge in [0.2, 0.25) is 0 Å². The molecule has 0 saturated carbocycles. The van der Waals surface area contributed by atoms with Gasteiger partial charge in [0, 0.05) is 30.2 Å². The Labute approximate surface area is 110 Å². The smallest absolute Gasteiger partial charge is 0.180 e. The summed E-state index contributed by atoms with van der Waals surface area (Å²) in [6.07, 6.45) is 1.81. The Morgan fingerprint density at radius 2 is 2.24 bits per heavy atom. The van der Waals surface area contributed by atoms with Gasteiger partial charge in [-0.05, 0) is 14.0 Å². The molecule has 7 heteroatoms. The lowest BCUT2D eigenvalue weighted by molar-refractivity contribution is 0.304. The molecule has 0 fully saturated rings. The van der Waals surface area contributed by atoms with E-state index in [9.17, 15) is 0 Å². The van der Waals surface area contributed by atoms with E-state index in [4.69, 9.17) is 10.3 Å². The Morgan fingerprint density at radius 1 is 1.47 bits per heavy atom. The summed E-state index contributed by atoms with van der Waals surface area (Å²) in [5.41, 5.74) is 6.51. The molecular weight excluding hydrogens is 260 g/mol. The van der Waals surface area contributed by atoms with E-state index in [1.165, 1.54) is 11.3 Å². The van der Waals surface area contributed by atoms with Crippen LogP contribution in [0.1, 0.15) is 16.3 Å². The van der Waals surface area contributed by atoms with Crippen LogP contribution >= 0.6 is 23.7 Å². The Balaban J connectivity index is 0.00000144. The monoisotopic (exact) mass is 274 g/mol. The molecule has 0 aliphatic carbocycles. The van der Waals surface area contributed by atoms with E-state index in [-0.39, 0.29) is 12.4 Å². The fourth-order valence-corrected chi connectivity index (χ4v) is 2.25. The third-order valence-corrected chi connectivity index (χ3v) is 2.92. The SMILES string of the molecule is Cc1cc(CN(C)Cc2cnc(N)s2)no1.Cl. The number of rotatable bonds is 4. The molecule has 0 spiro atoms. The minimum Gasteiger partial charge on any atom is -0.375 e. The van der Waals surface area contributed by atoms with E-state index in [1.54, 1.807) is 0 Å². The predicted molar refractivity (Wildman–Crippen MR) is 70.2 cm³/mol. The summed E-state index contributed by atoms with van der Waals surface area (Å²) in [7, 11) is 2.03. The molecule has 0 radical (unpaired) electrons. The van der Waals surface area contributed by atoms with Crippen LogP contribution in [-0.4, -0.2) is 22.1 Å². The van der Waals surface area contributed by atoms with Gasteiger partial charge in [-0.25, -0.2) is 4.98 Å². The van der Waals surface area contributed by atoms with Crippen LogP contribution in [0.15, 0.2) is 16.8 Å². The molecule has 0 atom stereocenters. The standard InChI is InChI=1S/C10H14N4OS.ClH/c1-7-3-8(13-15-7)5-14(2)6-9-4-12-10(11)16-9;/h3-4H,5-6H2,1-2H3,(H2,11,12);1H. The summed E-state index contributed by atoms with van der Waals surface area (Å²) < 4.78 is 5.01. The second-order valence-electron chi connectivity index (χ2n) is 3.77. The molecule has 2 aromatic heterocycles. The van der Waals surface area contributed by atoms with E-state index >= 15 is 0 Å². The molecule has 0 aromatic carbocycles. The van der Waals surface area contributed by atoms with Crippen molar-refractivity contribution in [3.63, 3.8) is 0 Å². The highest BCUT2D eigenvalue weighted by Gasteiger charge is 2.07. The molecule has 2 aromatic rings. The Kier molecular flexibility index (Phi) is 4.92. The van der Waals surface area contributed by atoms with Crippen LogP contribution < -0.4 is 5.73 Å². The van der Waals surface area contributed by atoms with Crippen LogP contribution in [0.3, 0.4) is 0 Å². The summed E-state index contributed by atoms with van der Waals surface area (Å²) in [6, 6.07) is 1.94. The number of nitrogens with two attached hydrogens (primary N) is 1. The molecule has 0 amide bonds. The van der Waals surface area contributed by atoms with Crippen molar-refractivity contribution in [2.45, 2.75) is 20.0 Å². The van der Waals surface area contributed by atoms with Crippen molar-refractivity contribution in [1.82, 2.24) is 15.0 Å². The molecule has 0 aliphatic rings. The third kappa shape index (κ3) is 3.99. The molecule has 2 heterocycles. The van der Waals surface area contributed by atoms with Crippen molar-refractivity contribution in [2.24, 2.45) is 0 Å². The van der Waals surface area contributed by atoms with Crippen LogP contribution in [0.2, 0.25) is 0 Å². The van der Waals surface area contributed by atoms with E-state index in [2.05, 4.69) is 15.0 Å². The number of aryl methyl sites for hydroxylation is 1. The number of aromatic nitrogens is 2. The predicted octanol–water partition coefficient (Wildman–Crippen LogP) is 2.08. The fraction of sp³-hybridized carbons (Fsp3) is 0.400. The molecular formula is C10H15ClN4OS.